The number of hydrogen-bond acceptors (Lipinski definition) is 2. The van der Waals surface area contributed by atoms with Crippen molar-refractivity contribution in [1.82, 2.24) is 0 Å². The SMILES string of the molecule is CC1(C)c2ccccc2-c2ccc(N(c3ccc(-c4ccccc4)cc3)c3ccc(-c4cccc5c4oc4ccccc45)cc3)cc21. The fraction of sp³-hybridized carbons (Fsp3) is 0.0667. The standard InChI is InChI=1S/C45H33NO/c1-45(2)41-17-8-6-13-37(41)38-28-27-35(29-42(38)45)46(33-23-19-31(20-24-33)30-11-4-3-5-12-30)34-25-21-32(22-26-34)36-15-10-16-40-39-14-7-9-18-43(39)47-44(36)40/h3-29H,1-2H3. The Balaban J connectivity index is 1.16. The molecule has 1 aliphatic carbocycles. The zero-order chi connectivity index (χ0) is 31.5. The van der Waals surface area contributed by atoms with Crippen LogP contribution in [-0.2, 0) is 5.41 Å². The molecule has 8 aromatic rings. The summed E-state index contributed by atoms with van der Waals surface area (Å²) < 4.78 is 6.38. The summed E-state index contributed by atoms with van der Waals surface area (Å²) in [6.07, 6.45) is 0. The molecule has 0 N–H and O–H groups in total. The molecule has 1 aromatic heterocycles. The number of para-hydroxylation sites is 2. The number of rotatable bonds is 5. The van der Waals surface area contributed by atoms with Crippen LogP contribution in [-0.4, -0.2) is 0 Å². The first kappa shape index (κ1) is 27.5. The summed E-state index contributed by atoms with van der Waals surface area (Å²) in [4.78, 5) is 2.37. The molecule has 1 aliphatic rings. The first-order chi connectivity index (χ1) is 23.1. The molecular weight excluding hydrogens is 571 g/mol. The minimum atomic E-state index is -0.0834. The van der Waals surface area contributed by atoms with Crippen LogP contribution in [0.25, 0.3) is 55.3 Å². The van der Waals surface area contributed by atoms with E-state index in [-0.39, 0.29) is 5.41 Å². The summed E-state index contributed by atoms with van der Waals surface area (Å²) in [5, 5.41) is 2.29. The van der Waals surface area contributed by atoms with Crippen LogP contribution >= 0.6 is 0 Å². The molecule has 0 spiro atoms. The molecule has 7 aromatic carbocycles. The summed E-state index contributed by atoms with van der Waals surface area (Å²) in [5.41, 5.74) is 15.2. The monoisotopic (exact) mass is 603 g/mol. The normalized spacial score (nSPS) is 13.1. The van der Waals surface area contributed by atoms with Crippen LogP contribution in [0.3, 0.4) is 0 Å². The molecule has 2 heteroatoms. The van der Waals surface area contributed by atoms with Crippen molar-refractivity contribution in [3.63, 3.8) is 0 Å². The van der Waals surface area contributed by atoms with E-state index >= 15 is 0 Å². The highest BCUT2D eigenvalue weighted by atomic mass is 16.3. The van der Waals surface area contributed by atoms with Gasteiger partial charge < -0.3 is 9.32 Å². The van der Waals surface area contributed by atoms with Gasteiger partial charge in [0, 0.05) is 38.8 Å². The maximum atomic E-state index is 6.38. The predicted octanol–water partition coefficient (Wildman–Crippen LogP) is 12.7. The van der Waals surface area contributed by atoms with Gasteiger partial charge in [-0.1, -0.05) is 135 Å². The van der Waals surface area contributed by atoms with Gasteiger partial charge in [-0.3, -0.25) is 0 Å². The molecule has 224 valence electrons. The van der Waals surface area contributed by atoms with E-state index in [2.05, 4.69) is 170 Å². The van der Waals surface area contributed by atoms with Gasteiger partial charge in [0.2, 0.25) is 0 Å². The lowest BCUT2D eigenvalue weighted by Gasteiger charge is -2.28. The second-order valence-corrected chi connectivity index (χ2v) is 13.0. The van der Waals surface area contributed by atoms with E-state index < -0.39 is 0 Å². The van der Waals surface area contributed by atoms with Crippen molar-refractivity contribution in [3.8, 4) is 33.4 Å². The van der Waals surface area contributed by atoms with Crippen molar-refractivity contribution in [1.29, 1.82) is 0 Å². The van der Waals surface area contributed by atoms with E-state index in [1.54, 1.807) is 0 Å². The maximum Gasteiger partial charge on any atom is 0.143 e. The second kappa shape index (κ2) is 10.6. The Hall–Kier alpha value is -5.86. The fourth-order valence-electron chi connectivity index (χ4n) is 7.48. The van der Waals surface area contributed by atoms with Crippen LogP contribution < -0.4 is 4.90 Å². The van der Waals surface area contributed by atoms with Gasteiger partial charge in [0.1, 0.15) is 11.2 Å². The van der Waals surface area contributed by atoms with Gasteiger partial charge in [0.15, 0.2) is 0 Å². The number of anilines is 3. The number of furan rings is 1. The summed E-state index contributed by atoms with van der Waals surface area (Å²) >= 11 is 0. The van der Waals surface area contributed by atoms with E-state index in [0.29, 0.717) is 0 Å². The van der Waals surface area contributed by atoms with Crippen LogP contribution in [0.15, 0.2) is 168 Å². The number of nitrogens with zero attached hydrogens (tertiary/aromatic N) is 1. The third kappa shape index (κ3) is 4.40. The molecule has 0 saturated heterocycles. The Morgan fingerprint density at radius 1 is 0.426 bits per heavy atom. The van der Waals surface area contributed by atoms with Gasteiger partial charge in [-0.15, -0.1) is 0 Å². The van der Waals surface area contributed by atoms with Crippen LogP contribution in [0.2, 0.25) is 0 Å². The lowest BCUT2D eigenvalue weighted by Crippen LogP contribution is -2.16. The zero-order valence-corrected chi connectivity index (χ0v) is 26.4. The maximum absolute atomic E-state index is 6.38. The highest BCUT2D eigenvalue weighted by Crippen LogP contribution is 2.50. The van der Waals surface area contributed by atoms with Gasteiger partial charge in [-0.05, 0) is 81.4 Å². The highest BCUT2D eigenvalue weighted by Gasteiger charge is 2.35. The summed E-state index contributed by atoms with van der Waals surface area (Å²) in [5.74, 6) is 0. The second-order valence-electron chi connectivity index (χ2n) is 13.0. The molecule has 0 aliphatic heterocycles. The van der Waals surface area contributed by atoms with E-state index in [0.717, 1.165) is 50.1 Å². The Kier molecular flexibility index (Phi) is 6.20. The number of hydrogen-bond donors (Lipinski definition) is 0. The molecule has 47 heavy (non-hydrogen) atoms. The van der Waals surface area contributed by atoms with Crippen LogP contribution in [0.1, 0.15) is 25.0 Å². The van der Waals surface area contributed by atoms with Gasteiger partial charge in [-0.2, -0.15) is 0 Å². The van der Waals surface area contributed by atoms with Crippen LogP contribution in [0.4, 0.5) is 17.1 Å². The average Bonchev–Trinajstić information content (AvgIpc) is 3.62. The minimum absolute atomic E-state index is 0.0834. The molecule has 0 amide bonds. The van der Waals surface area contributed by atoms with E-state index in [1.165, 1.54) is 33.4 Å². The van der Waals surface area contributed by atoms with Crippen molar-refractivity contribution in [3.05, 3.63) is 175 Å². The topological polar surface area (TPSA) is 16.4 Å². The molecule has 0 atom stereocenters. The molecule has 9 rings (SSSR count). The van der Waals surface area contributed by atoms with Gasteiger partial charge in [-0.25, -0.2) is 0 Å². The summed E-state index contributed by atoms with van der Waals surface area (Å²) in [7, 11) is 0. The molecule has 0 bridgehead atoms. The Bertz CT molecular complexity index is 2410. The van der Waals surface area contributed by atoms with E-state index in [9.17, 15) is 0 Å². The third-order valence-electron chi connectivity index (χ3n) is 9.90. The largest absolute Gasteiger partial charge is 0.455 e. The molecule has 2 nitrogen and oxygen atoms in total. The summed E-state index contributed by atoms with van der Waals surface area (Å²) in [6, 6.07) is 58.9. The van der Waals surface area contributed by atoms with E-state index in [4.69, 9.17) is 4.42 Å². The molecule has 0 radical (unpaired) electrons. The van der Waals surface area contributed by atoms with Gasteiger partial charge in [0.25, 0.3) is 0 Å². The first-order valence-electron chi connectivity index (χ1n) is 16.3. The Labute approximate surface area is 275 Å². The van der Waals surface area contributed by atoms with Crippen molar-refractivity contribution in [2.24, 2.45) is 0 Å². The lowest BCUT2D eigenvalue weighted by atomic mass is 9.82. The Morgan fingerprint density at radius 3 is 1.79 bits per heavy atom. The quantitative estimate of drug-likeness (QED) is 0.195. The lowest BCUT2D eigenvalue weighted by molar-refractivity contribution is 0.660. The van der Waals surface area contributed by atoms with Crippen LogP contribution in [0.5, 0.6) is 0 Å². The van der Waals surface area contributed by atoms with E-state index in [1.807, 2.05) is 12.1 Å². The highest BCUT2D eigenvalue weighted by molar-refractivity contribution is 6.09. The van der Waals surface area contributed by atoms with Gasteiger partial charge >= 0.3 is 0 Å². The molecule has 0 fully saturated rings. The molecule has 0 saturated carbocycles. The van der Waals surface area contributed by atoms with Crippen molar-refractivity contribution in [2.75, 3.05) is 4.90 Å². The smallest absolute Gasteiger partial charge is 0.143 e. The zero-order valence-electron chi connectivity index (χ0n) is 26.4. The van der Waals surface area contributed by atoms with Crippen molar-refractivity contribution in [2.45, 2.75) is 19.3 Å². The predicted molar refractivity (Wildman–Crippen MR) is 197 cm³/mol. The molecule has 0 unspecified atom stereocenters. The first-order valence-corrected chi connectivity index (χ1v) is 16.3. The number of fused-ring (bicyclic) bond motifs is 6. The average molecular weight is 604 g/mol. The van der Waals surface area contributed by atoms with Crippen molar-refractivity contribution < 1.29 is 4.42 Å². The Morgan fingerprint density at radius 2 is 1.00 bits per heavy atom. The molecule has 1 heterocycles. The molecular formula is C45H33NO. The van der Waals surface area contributed by atoms with Crippen LogP contribution in [0, 0.1) is 0 Å². The summed E-state index contributed by atoms with van der Waals surface area (Å²) in [6.45, 7) is 4.68. The third-order valence-corrected chi connectivity index (χ3v) is 9.90. The number of benzene rings is 7. The van der Waals surface area contributed by atoms with Gasteiger partial charge in [0.05, 0.1) is 0 Å². The fourth-order valence-corrected chi connectivity index (χ4v) is 7.48. The van der Waals surface area contributed by atoms with Crippen molar-refractivity contribution >= 4 is 39.0 Å². The minimum Gasteiger partial charge on any atom is -0.455 e.